The minimum atomic E-state index is -1.01. The fourth-order valence-electron chi connectivity index (χ4n) is 1.91. The van der Waals surface area contributed by atoms with Crippen LogP contribution in [0.15, 0.2) is 42.6 Å². The topological polar surface area (TPSA) is 67.5 Å². The molecule has 3 aromatic rings. The summed E-state index contributed by atoms with van der Waals surface area (Å²) in [6, 6.07) is 10.1. The Labute approximate surface area is 113 Å². The average molecular weight is 274 g/mol. The van der Waals surface area contributed by atoms with E-state index in [9.17, 15) is 9.90 Å². The van der Waals surface area contributed by atoms with Gasteiger partial charge in [0.15, 0.2) is 11.5 Å². The molecule has 2 aromatic heterocycles. The second-order valence-corrected chi connectivity index (χ2v) is 4.39. The minimum absolute atomic E-state index is 0.178. The van der Waals surface area contributed by atoms with E-state index in [0.717, 1.165) is 0 Å². The van der Waals surface area contributed by atoms with Gasteiger partial charge >= 0.3 is 5.97 Å². The fraction of sp³-hybridized carbons (Fsp3) is 0. The maximum absolute atomic E-state index is 11.2. The highest BCUT2D eigenvalue weighted by Crippen LogP contribution is 2.23. The molecule has 0 aliphatic rings. The number of rotatable bonds is 2. The summed E-state index contributed by atoms with van der Waals surface area (Å²) in [6.45, 7) is 0. The van der Waals surface area contributed by atoms with Crippen molar-refractivity contribution in [3.05, 3.63) is 53.2 Å². The van der Waals surface area contributed by atoms with Gasteiger partial charge in [-0.25, -0.2) is 4.79 Å². The first-order chi connectivity index (χ1) is 9.16. The van der Waals surface area contributed by atoms with Gasteiger partial charge in [-0.1, -0.05) is 29.8 Å². The molecule has 0 saturated carbocycles. The molecule has 3 rings (SSSR count). The van der Waals surface area contributed by atoms with E-state index in [-0.39, 0.29) is 5.56 Å². The first-order valence-corrected chi connectivity index (χ1v) is 5.87. The predicted octanol–water partition coefficient (Wildman–Crippen LogP) is 2.75. The Morgan fingerprint density at radius 1 is 1.16 bits per heavy atom. The number of aromatic carboxylic acids is 1. The number of fused-ring (bicyclic) bond motifs is 1. The normalized spacial score (nSPS) is 10.8. The Morgan fingerprint density at radius 2 is 1.95 bits per heavy atom. The predicted molar refractivity (Wildman–Crippen MR) is 70.4 cm³/mol. The maximum atomic E-state index is 11.2. The summed E-state index contributed by atoms with van der Waals surface area (Å²) in [5.41, 5.74) is 1.29. The highest BCUT2D eigenvalue weighted by Gasteiger charge is 2.15. The van der Waals surface area contributed by atoms with Gasteiger partial charge in [0.2, 0.25) is 0 Å². The smallest absolute Gasteiger partial charge is 0.336 e. The maximum Gasteiger partial charge on any atom is 0.336 e. The number of carboxylic acid groups (broad SMARTS) is 1. The van der Waals surface area contributed by atoms with Gasteiger partial charge in [-0.05, 0) is 18.2 Å². The van der Waals surface area contributed by atoms with Crippen LogP contribution in [0.1, 0.15) is 10.4 Å². The van der Waals surface area contributed by atoms with Gasteiger partial charge in [-0.2, -0.15) is 0 Å². The highest BCUT2D eigenvalue weighted by molar-refractivity contribution is 6.30. The van der Waals surface area contributed by atoms with Crippen LogP contribution in [0, 0.1) is 0 Å². The molecule has 19 heavy (non-hydrogen) atoms. The van der Waals surface area contributed by atoms with E-state index >= 15 is 0 Å². The first kappa shape index (κ1) is 11.7. The molecule has 0 unspecified atom stereocenters. The minimum Gasteiger partial charge on any atom is -0.478 e. The van der Waals surface area contributed by atoms with Gasteiger partial charge in [-0.3, -0.25) is 4.40 Å². The molecule has 5 nitrogen and oxygen atoms in total. The zero-order valence-corrected chi connectivity index (χ0v) is 10.4. The van der Waals surface area contributed by atoms with E-state index in [0.29, 0.717) is 22.1 Å². The number of aromatic nitrogens is 3. The lowest BCUT2D eigenvalue weighted by Gasteiger charge is -2.04. The molecule has 0 spiro atoms. The average Bonchev–Trinajstić information content (AvgIpc) is 2.81. The molecule has 0 aliphatic carbocycles. The summed E-state index contributed by atoms with van der Waals surface area (Å²) in [7, 11) is 0. The number of benzene rings is 1. The standard InChI is InChI=1S/C13H8ClN3O2/c14-8-5-6-11-15-16-12(17(11)7-8)9-3-1-2-4-10(9)13(18)19/h1-7H,(H,18,19). The molecule has 0 fully saturated rings. The number of halogens is 1. The molecule has 0 radical (unpaired) electrons. The highest BCUT2D eigenvalue weighted by atomic mass is 35.5. The number of hydrogen-bond acceptors (Lipinski definition) is 3. The van der Waals surface area contributed by atoms with Crippen molar-refractivity contribution in [2.75, 3.05) is 0 Å². The lowest BCUT2D eigenvalue weighted by Crippen LogP contribution is -2.01. The van der Waals surface area contributed by atoms with Crippen LogP contribution < -0.4 is 0 Å². The molecule has 0 bridgehead atoms. The quantitative estimate of drug-likeness (QED) is 0.779. The summed E-state index contributed by atoms with van der Waals surface area (Å²) in [4.78, 5) is 11.2. The van der Waals surface area contributed by atoms with Gasteiger partial charge in [0.1, 0.15) is 0 Å². The van der Waals surface area contributed by atoms with Crippen LogP contribution in [0.3, 0.4) is 0 Å². The van der Waals surface area contributed by atoms with Gasteiger partial charge in [0, 0.05) is 11.8 Å². The van der Waals surface area contributed by atoms with Crippen LogP contribution in [0.4, 0.5) is 0 Å². The summed E-state index contributed by atoms with van der Waals surface area (Å²) in [5, 5.41) is 17.8. The third-order valence-corrected chi connectivity index (χ3v) is 2.99. The lowest BCUT2D eigenvalue weighted by molar-refractivity contribution is 0.0697. The van der Waals surface area contributed by atoms with Crippen molar-refractivity contribution in [3.8, 4) is 11.4 Å². The molecule has 1 N–H and O–H groups in total. The monoisotopic (exact) mass is 273 g/mol. The molecular weight excluding hydrogens is 266 g/mol. The molecule has 94 valence electrons. The van der Waals surface area contributed by atoms with Crippen molar-refractivity contribution in [3.63, 3.8) is 0 Å². The molecule has 1 aromatic carbocycles. The zero-order chi connectivity index (χ0) is 13.4. The molecule has 0 aliphatic heterocycles. The van der Waals surface area contributed by atoms with Gasteiger partial charge in [0.25, 0.3) is 0 Å². The van der Waals surface area contributed by atoms with Gasteiger partial charge in [-0.15, -0.1) is 10.2 Å². The number of carboxylic acids is 1. The molecule has 0 saturated heterocycles. The number of hydrogen-bond donors (Lipinski definition) is 1. The molecule has 0 atom stereocenters. The van der Waals surface area contributed by atoms with E-state index in [4.69, 9.17) is 11.6 Å². The molecule has 6 heteroatoms. The Kier molecular flexibility index (Phi) is 2.68. The van der Waals surface area contributed by atoms with Crippen molar-refractivity contribution in [1.29, 1.82) is 0 Å². The Morgan fingerprint density at radius 3 is 2.74 bits per heavy atom. The Bertz CT molecular complexity index is 782. The van der Waals surface area contributed by atoms with E-state index in [2.05, 4.69) is 10.2 Å². The second kappa shape index (κ2) is 4.37. The Hall–Kier alpha value is -2.40. The van der Waals surface area contributed by atoms with Gasteiger partial charge < -0.3 is 5.11 Å². The van der Waals surface area contributed by atoms with Crippen molar-refractivity contribution >= 4 is 23.2 Å². The number of nitrogens with zero attached hydrogens (tertiary/aromatic N) is 3. The van der Waals surface area contributed by atoms with Crippen LogP contribution in [-0.2, 0) is 0 Å². The van der Waals surface area contributed by atoms with Crippen LogP contribution in [0.2, 0.25) is 5.02 Å². The lowest BCUT2D eigenvalue weighted by atomic mass is 10.1. The van der Waals surface area contributed by atoms with Crippen molar-refractivity contribution in [2.24, 2.45) is 0 Å². The number of pyridine rings is 1. The first-order valence-electron chi connectivity index (χ1n) is 5.50. The SMILES string of the molecule is O=C(O)c1ccccc1-c1nnc2ccc(Cl)cn12. The molecule has 0 amide bonds. The fourth-order valence-corrected chi connectivity index (χ4v) is 2.07. The molecular formula is C13H8ClN3O2. The van der Waals surface area contributed by atoms with Crippen molar-refractivity contribution < 1.29 is 9.90 Å². The van der Waals surface area contributed by atoms with Crippen molar-refractivity contribution in [2.45, 2.75) is 0 Å². The van der Waals surface area contributed by atoms with E-state index in [1.165, 1.54) is 6.07 Å². The van der Waals surface area contributed by atoms with E-state index in [1.807, 2.05) is 0 Å². The third-order valence-electron chi connectivity index (χ3n) is 2.76. The van der Waals surface area contributed by atoms with Crippen LogP contribution in [0.25, 0.3) is 17.0 Å². The molecule has 2 heterocycles. The van der Waals surface area contributed by atoms with Crippen LogP contribution >= 0.6 is 11.6 Å². The van der Waals surface area contributed by atoms with Crippen LogP contribution in [0.5, 0.6) is 0 Å². The number of carbonyl (C=O) groups is 1. The summed E-state index contributed by atoms with van der Waals surface area (Å²) in [6.07, 6.45) is 1.66. The van der Waals surface area contributed by atoms with Crippen molar-refractivity contribution in [1.82, 2.24) is 14.6 Å². The Balaban J connectivity index is 2.31. The van der Waals surface area contributed by atoms with E-state index in [1.54, 1.807) is 40.9 Å². The third kappa shape index (κ3) is 1.94. The summed E-state index contributed by atoms with van der Waals surface area (Å²) in [5.74, 6) is -0.551. The van der Waals surface area contributed by atoms with Crippen LogP contribution in [-0.4, -0.2) is 25.7 Å². The largest absolute Gasteiger partial charge is 0.478 e. The summed E-state index contributed by atoms with van der Waals surface area (Å²) < 4.78 is 1.67. The zero-order valence-electron chi connectivity index (χ0n) is 9.62. The van der Waals surface area contributed by atoms with E-state index < -0.39 is 5.97 Å². The van der Waals surface area contributed by atoms with Gasteiger partial charge in [0.05, 0.1) is 10.6 Å². The second-order valence-electron chi connectivity index (χ2n) is 3.95. The summed E-state index contributed by atoms with van der Waals surface area (Å²) >= 11 is 5.94.